The van der Waals surface area contributed by atoms with E-state index < -0.39 is 11.8 Å². The first-order valence-corrected chi connectivity index (χ1v) is 11.1. The van der Waals surface area contributed by atoms with Gasteiger partial charge < -0.3 is 15.4 Å². The highest BCUT2D eigenvalue weighted by atomic mass is 32.1. The second-order valence-electron chi connectivity index (χ2n) is 8.33. The first-order valence-electron chi connectivity index (χ1n) is 10.1. The van der Waals surface area contributed by atoms with Gasteiger partial charge in [-0.05, 0) is 35.3 Å². The lowest BCUT2D eigenvalue weighted by atomic mass is 9.78. The quantitative estimate of drug-likeness (QED) is 0.675. The average Bonchev–Trinajstić information content (AvgIpc) is 3.38. The van der Waals surface area contributed by atoms with Gasteiger partial charge >= 0.3 is 0 Å². The Balaban J connectivity index is 1.82. The van der Waals surface area contributed by atoms with Gasteiger partial charge in [0, 0.05) is 5.38 Å². The Hall–Kier alpha value is -2.51. The van der Waals surface area contributed by atoms with E-state index in [1.54, 1.807) is 11.4 Å². The van der Waals surface area contributed by atoms with Crippen molar-refractivity contribution in [3.63, 3.8) is 0 Å². The predicted molar refractivity (Wildman–Crippen MR) is 116 cm³/mol. The van der Waals surface area contributed by atoms with Crippen molar-refractivity contribution in [3.8, 4) is 0 Å². The summed E-state index contributed by atoms with van der Waals surface area (Å²) in [4.78, 5) is 37.8. The molecule has 2 atom stereocenters. The van der Waals surface area contributed by atoms with E-state index in [-0.39, 0.29) is 36.0 Å². The molecule has 0 bridgehead atoms. The van der Waals surface area contributed by atoms with Crippen LogP contribution in [0.1, 0.15) is 56.0 Å². The first-order chi connectivity index (χ1) is 14.2. The number of rotatable bonds is 8. The summed E-state index contributed by atoms with van der Waals surface area (Å²) in [6.07, 6.45) is 1.01. The summed E-state index contributed by atoms with van der Waals surface area (Å²) in [5, 5.41) is 9.36. The lowest BCUT2D eigenvalue weighted by Crippen LogP contribution is -2.56. The van der Waals surface area contributed by atoms with Crippen LogP contribution < -0.4 is 10.6 Å². The Morgan fingerprint density at radius 1 is 1.23 bits per heavy atom. The summed E-state index contributed by atoms with van der Waals surface area (Å²) in [7, 11) is 0. The summed E-state index contributed by atoms with van der Waals surface area (Å²) < 4.78 is 5.62. The van der Waals surface area contributed by atoms with Crippen LogP contribution in [0.2, 0.25) is 0 Å². The molecular formula is C23H28N2O4S. The molecule has 1 aromatic carbocycles. The zero-order chi connectivity index (χ0) is 21.8. The van der Waals surface area contributed by atoms with E-state index in [0.717, 1.165) is 5.56 Å². The highest BCUT2D eigenvalue weighted by molar-refractivity contribution is 7.08. The standard InChI is InChI=1S/C23H28N2O4S/c1-4-23(12-18(26)14-29-23)25-21(28)19(24-20(27)16-10-11-30-15-16)13-22(2,3)17-8-6-5-7-9-17/h5-11,15,19H,4,12-14H2,1-3H3,(H,24,27)(H,25,28). The van der Waals surface area contributed by atoms with Crippen LogP contribution in [0, 0.1) is 0 Å². The Morgan fingerprint density at radius 3 is 2.53 bits per heavy atom. The zero-order valence-electron chi connectivity index (χ0n) is 17.6. The van der Waals surface area contributed by atoms with E-state index in [9.17, 15) is 14.4 Å². The molecule has 0 spiro atoms. The lowest BCUT2D eigenvalue weighted by Gasteiger charge is -2.33. The molecule has 2 heterocycles. The molecule has 2 aromatic rings. The van der Waals surface area contributed by atoms with Crippen molar-refractivity contribution < 1.29 is 19.1 Å². The summed E-state index contributed by atoms with van der Waals surface area (Å²) in [5.41, 5.74) is 0.228. The molecule has 2 amide bonds. The molecule has 2 N–H and O–H groups in total. The molecule has 6 nitrogen and oxygen atoms in total. The first kappa shape index (κ1) is 22.2. The fraction of sp³-hybridized carbons (Fsp3) is 0.435. The van der Waals surface area contributed by atoms with Crippen LogP contribution >= 0.6 is 11.3 Å². The molecule has 1 aliphatic heterocycles. The normalized spacial score (nSPS) is 20.0. The number of hydrogen-bond acceptors (Lipinski definition) is 5. The molecule has 1 saturated heterocycles. The molecule has 0 aliphatic carbocycles. The third-order valence-corrected chi connectivity index (χ3v) is 6.27. The fourth-order valence-corrected chi connectivity index (χ4v) is 4.34. The molecule has 1 aromatic heterocycles. The van der Waals surface area contributed by atoms with Gasteiger partial charge in [-0.15, -0.1) is 0 Å². The topological polar surface area (TPSA) is 84.5 Å². The van der Waals surface area contributed by atoms with Crippen molar-refractivity contribution in [3.05, 3.63) is 58.3 Å². The van der Waals surface area contributed by atoms with Gasteiger partial charge in [0.2, 0.25) is 5.91 Å². The van der Waals surface area contributed by atoms with E-state index >= 15 is 0 Å². The van der Waals surface area contributed by atoms with Crippen molar-refractivity contribution in [2.45, 2.75) is 57.2 Å². The third kappa shape index (κ3) is 5.15. The number of thiophene rings is 1. The van der Waals surface area contributed by atoms with E-state index in [1.165, 1.54) is 11.3 Å². The van der Waals surface area contributed by atoms with Crippen LogP contribution in [-0.4, -0.2) is 36.0 Å². The van der Waals surface area contributed by atoms with Gasteiger partial charge in [0.25, 0.3) is 5.91 Å². The van der Waals surface area contributed by atoms with Crippen molar-refractivity contribution in [2.24, 2.45) is 0 Å². The van der Waals surface area contributed by atoms with Crippen LogP contribution in [0.5, 0.6) is 0 Å². The van der Waals surface area contributed by atoms with Crippen LogP contribution in [0.15, 0.2) is 47.2 Å². The Morgan fingerprint density at radius 2 is 1.97 bits per heavy atom. The van der Waals surface area contributed by atoms with Crippen molar-refractivity contribution in [1.82, 2.24) is 10.6 Å². The number of ketones is 1. The number of benzene rings is 1. The molecule has 1 fully saturated rings. The molecule has 3 rings (SSSR count). The molecule has 0 radical (unpaired) electrons. The number of carbonyl (C=O) groups excluding carboxylic acids is 3. The van der Waals surface area contributed by atoms with Crippen LogP contribution in [-0.2, 0) is 19.7 Å². The number of hydrogen-bond donors (Lipinski definition) is 2. The summed E-state index contributed by atoms with van der Waals surface area (Å²) in [6.45, 7) is 5.95. The Kier molecular flexibility index (Phi) is 6.73. The maximum Gasteiger partial charge on any atom is 0.252 e. The maximum absolute atomic E-state index is 13.3. The van der Waals surface area contributed by atoms with E-state index in [1.807, 2.05) is 56.5 Å². The molecule has 160 valence electrons. The third-order valence-electron chi connectivity index (χ3n) is 5.59. The number of ether oxygens (including phenoxy) is 1. The van der Waals surface area contributed by atoms with Gasteiger partial charge in [-0.1, -0.05) is 51.1 Å². The molecule has 0 saturated carbocycles. The maximum atomic E-state index is 13.3. The fourth-order valence-electron chi connectivity index (χ4n) is 3.71. The number of carbonyl (C=O) groups is 3. The average molecular weight is 429 g/mol. The van der Waals surface area contributed by atoms with Gasteiger partial charge in [0.15, 0.2) is 5.78 Å². The van der Waals surface area contributed by atoms with Gasteiger partial charge in [-0.25, -0.2) is 0 Å². The minimum Gasteiger partial charge on any atom is -0.348 e. The minimum absolute atomic E-state index is 0.00441. The Bertz CT molecular complexity index is 895. The predicted octanol–water partition coefficient (Wildman–Crippen LogP) is 3.43. The van der Waals surface area contributed by atoms with Crippen molar-refractivity contribution in [2.75, 3.05) is 6.61 Å². The summed E-state index contributed by atoms with van der Waals surface area (Å²) in [5.74, 6) is -0.686. The van der Waals surface area contributed by atoms with Gasteiger partial charge in [0.05, 0.1) is 12.0 Å². The van der Waals surface area contributed by atoms with Crippen molar-refractivity contribution in [1.29, 1.82) is 0 Å². The summed E-state index contributed by atoms with van der Waals surface area (Å²) in [6, 6.07) is 10.8. The SMILES string of the molecule is CCC1(NC(=O)C(CC(C)(C)c2ccccc2)NC(=O)c2ccsc2)CC(=O)CO1. The monoisotopic (exact) mass is 428 g/mol. The lowest BCUT2D eigenvalue weighted by molar-refractivity contribution is -0.132. The number of Topliss-reactive ketones (excluding diaryl/α,β-unsaturated/α-hetero) is 1. The molecule has 30 heavy (non-hydrogen) atoms. The highest BCUT2D eigenvalue weighted by Crippen LogP contribution is 2.30. The minimum atomic E-state index is -1.00. The molecule has 2 unspecified atom stereocenters. The van der Waals surface area contributed by atoms with Crippen molar-refractivity contribution >= 4 is 28.9 Å². The van der Waals surface area contributed by atoms with Crippen LogP contribution in [0.25, 0.3) is 0 Å². The molecule has 7 heteroatoms. The second kappa shape index (κ2) is 9.10. The second-order valence-corrected chi connectivity index (χ2v) is 9.11. The largest absolute Gasteiger partial charge is 0.348 e. The zero-order valence-corrected chi connectivity index (χ0v) is 18.4. The highest BCUT2D eigenvalue weighted by Gasteiger charge is 2.42. The van der Waals surface area contributed by atoms with E-state index in [0.29, 0.717) is 18.4 Å². The number of amides is 2. The molecular weight excluding hydrogens is 400 g/mol. The van der Waals surface area contributed by atoms with Gasteiger partial charge in [-0.2, -0.15) is 11.3 Å². The van der Waals surface area contributed by atoms with Crippen LogP contribution in [0.3, 0.4) is 0 Å². The van der Waals surface area contributed by atoms with E-state index in [2.05, 4.69) is 10.6 Å². The Labute approximate surface area is 181 Å². The smallest absolute Gasteiger partial charge is 0.252 e. The van der Waals surface area contributed by atoms with Gasteiger partial charge in [0.1, 0.15) is 18.4 Å². The molecule has 1 aliphatic rings. The summed E-state index contributed by atoms with van der Waals surface area (Å²) >= 11 is 1.42. The van der Waals surface area contributed by atoms with Crippen LogP contribution in [0.4, 0.5) is 0 Å². The van der Waals surface area contributed by atoms with E-state index in [4.69, 9.17) is 4.74 Å². The number of nitrogens with one attached hydrogen (secondary N) is 2. The van der Waals surface area contributed by atoms with Gasteiger partial charge in [-0.3, -0.25) is 14.4 Å².